The SMILES string of the molecule is CC(C)C(Cc1ccccc1)(Cc1ccccc1)Sc1ccccc1. The summed E-state index contributed by atoms with van der Waals surface area (Å²) < 4.78 is 0.129. The van der Waals surface area contributed by atoms with Crippen LogP contribution in [0, 0.1) is 5.92 Å². The fourth-order valence-electron chi connectivity index (χ4n) is 3.27. The molecule has 0 bridgehead atoms. The van der Waals surface area contributed by atoms with Crippen LogP contribution in [0.25, 0.3) is 0 Å². The first-order valence-corrected chi connectivity index (χ1v) is 9.81. The summed E-state index contributed by atoms with van der Waals surface area (Å²) in [5, 5.41) is 0. The predicted molar refractivity (Wildman–Crippen MR) is 110 cm³/mol. The van der Waals surface area contributed by atoms with E-state index in [4.69, 9.17) is 0 Å². The van der Waals surface area contributed by atoms with Gasteiger partial charge in [-0.3, -0.25) is 0 Å². The van der Waals surface area contributed by atoms with Crippen molar-refractivity contribution in [2.75, 3.05) is 0 Å². The second-order valence-electron chi connectivity index (χ2n) is 6.96. The summed E-state index contributed by atoms with van der Waals surface area (Å²) in [4.78, 5) is 1.35. The molecular formula is C24H26S. The van der Waals surface area contributed by atoms with Gasteiger partial charge in [0, 0.05) is 9.64 Å². The van der Waals surface area contributed by atoms with Crippen molar-refractivity contribution >= 4 is 11.8 Å². The number of benzene rings is 3. The van der Waals surface area contributed by atoms with E-state index in [1.54, 1.807) is 0 Å². The summed E-state index contributed by atoms with van der Waals surface area (Å²) in [6.07, 6.45) is 2.14. The van der Waals surface area contributed by atoms with Gasteiger partial charge in [-0.1, -0.05) is 92.7 Å². The highest BCUT2D eigenvalue weighted by Gasteiger charge is 2.35. The smallest absolute Gasteiger partial charge is 0.0310 e. The second-order valence-corrected chi connectivity index (χ2v) is 8.45. The first-order valence-electron chi connectivity index (χ1n) is 9.00. The Morgan fingerprint density at radius 3 is 1.44 bits per heavy atom. The van der Waals surface area contributed by atoms with Gasteiger partial charge in [0.1, 0.15) is 0 Å². The molecule has 0 aromatic heterocycles. The second kappa shape index (κ2) is 8.40. The molecule has 3 aromatic carbocycles. The van der Waals surface area contributed by atoms with Gasteiger partial charge in [-0.2, -0.15) is 0 Å². The van der Waals surface area contributed by atoms with Gasteiger partial charge in [0.05, 0.1) is 0 Å². The maximum Gasteiger partial charge on any atom is 0.0310 e. The van der Waals surface area contributed by atoms with Gasteiger partial charge in [-0.05, 0) is 42.0 Å². The van der Waals surface area contributed by atoms with Gasteiger partial charge in [0.25, 0.3) is 0 Å². The third kappa shape index (κ3) is 4.76. The minimum Gasteiger partial charge on any atom is -0.118 e. The molecule has 0 radical (unpaired) electrons. The maximum atomic E-state index is 2.36. The zero-order valence-electron chi connectivity index (χ0n) is 15.1. The Morgan fingerprint density at radius 2 is 1.04 bits per heavy atom. The third-order valence-corrected chi connectivity index (χ3v) is 6.48. The van der Waals surface area contributed by atoms with E-state index in [1.807, 2.05) is 11.8 Å². The lowest BCUT2D eigenvalue weighted by molar-refractivity contribution is 0.428. The van der Waals surface area contributed by atoms with Gasteiger partial charge in [0.2, 0.25) is 0 Å². The minimum atomic E-state index is 0.129. The highest BCUT2D eigenvalue weighted by atomic mass is 32.2. The van der Waals surface area contributed by atoms with E-state index in [2.05, 4.69) is 105 Å². The Kier molecular flexibility index (Phi) is 5.99. The molecule has 25 heavy (non-hydrogen) atoms. The number of thioether (sulfide) groups is 1. The fourth-order valence-corrected chi connectivity index (χ4v) is 4.74. The average molecular weight is 347 g/mol. The molecule has 0 unspecified atom stereocenters. The monoisotopic (exact) mass is 346 g/mol. The van der Waals surface area contributed by atoms with Crippen molar-refractivity contribution in [3.05, 3.63) is 102 Å². The summed E-state index contributed by atoms with van der Waals surface area (Å²) in [6.45, 7) is 4.73. The van der Waals surface area contributed by atoms with Crippen LogP contribution in [0.2, 0.25) is 0 Å². The molecule has 1 heteroatoms. The zero-order valence-corrected chi connectivity index (χ0v) is 15.9. The molecule has 0 saturated heterocycles. The molecule has 128 valence electrons. The van der Waals surface area contributed by atoms with Gasteiger partial charge < -0.3 is 0 Å². The van der Waals surface area contributed by atoms with Crippen molar-refractivity contribution in [1.29, 1.82) is 0 Å². The van der Waals surface area contributed by atoms with Crippen molar-refractivity contribution in [2.45, 2.75) is 36.3 Å². The molecule has 0 heterocycles. The van der Waals surface area contributed by atoms with Crippen molar-refractivity contribution in [2.24, 2.45) is 5.92 Å². The number of hydrogen-bond acceptors (Lipinski definition) is 1. The predicted octanol–water partition coefficient (Wildman–Crippen LogP) is 6.66. The molecule has 0 spiro atoms. The van der Waals surface area contributed by atoms with E-state index >= 15 is 0 Å². The van der Waals surface area contributed by atoms with E-state index in [0.717, 1.165) is 12.8 Å². The molecule has 0 nitrogen and oxygen atoms in total. The van der Waals surface area contributed by atoms with Crippen LogP contribution in [0.1, 0.15) is 25.0 Å². The van der Waals surface area contributed by atoms with E-state index in [0.29, 0.717) is 5.92 Å². The molecule has 0 aliphatic rings. The average Bonchev–Trinajstić information content (AvgIpc) is 2.64. The van der Waals surface area contributed by atoms with Crippen molar-refractivity contribution in [3.63, 3.8) is 0 Å². The molecule has 0 aliphatic carbocycles. The first-order chi connectivity index (χ1) is 12.2. The lowest BCUT2D eigenvalue weighted by atomic mass is 9.83. The third-order valence-electron chi connectivity index (χ3n) is 4.81. The Morgan fingerprint density at radius 1 is 0.640 bits per heavy atom. The normalized spacial score (nSPS) is 11.6. The van der Waals surface area contributed by atoms with Crippen LogP contribution in [0.5, 0.6) is 0 Å². The summed E-state index contributed by atoms with van der Waals surface area (Å²) in [6, 6.07) is 32.7. The topological polar surface area (TPSA) is 0 Å². The van der Waals surface area contributed by atoms with Crippen LogP contribution in [0.15, 0.2) is 95.9 Å². The molecule has 0 saturated carbocycles. The Hall–Kier alpha value is -1.99. The Balaban J connectivity index is 1.97. The van der Waals surface area contributed by atoms with Crippen LogP contribution in [0.4, 0.5) is 0 Å². The maximum absolute atomic E-state index is 2.36. The van der Waals surface area contributed by atoms with Crippen molar-refractivity contribution in [1.82, 2.24) is 0 Å². The summed E-state index contributed by atoms with van der Waals surface area (Å²) >= 11 is 2.03. The van der Waals surface area contributed by atoms with Crippen LogP contribution in [-0.2, 0) is 12.8 Å². The van der Waals surface area contributed by atoms with Crippen molar-refractivity contribution < 1.29 is 0 Å². The Labute approximate surface area is 156 Å². The van der Waals surface area contributed by atoms with Gasteiger partial charge in [0.15, 0.2) is 0 Å². The van der Waals surface area contributed by atoms with Crippen LogP contribution in [-0.4, -0.2) is 4.75 Å². The van der Waals surface area contributed by atoms with E-state index in [9.17, 15) is 0 Å². The zero-order chi connectivity index (χ0) is 17.5. The minimum absolute atomic E-state index is 0.129. The van der Waals surface area contributed by atoms with Crippen molar-refractivity contribution in [3.8, 4) is 0 Å². The quantitative estimate of drug-likeness (QED) is 0.431. The molecular weight excluding hydrogens is 320 g/mol. The standard InChI is InChI=1S/C24H26S/c1-20(2)24(18-21-12-6-3-7-13-21,19-22-14-8-4-9-15-22)25-23-16-10-5-11-17-23/h3-17,20H,18-19H2,1-2H3. The first kappa shape index (κ1) is 17.8. The Bertz CT molecular complexity index is 646. The van der Waals surface area contributed by atoms with E-state index in [-0.39, 0.29) is 4.75 Å². The van der Waals surface area contributed by atoms with Gasteiger partial charge in [-0.15, -0.1) is 11.8 Å². The summed E-state index contributed by atoms with van der Waals surface area (Å²) in [5.41, 5.74) is 2.83. The molecule has 0 N–H and O–H groups in total. The highest BCUT2D eigenvalue weighted by Crippen LogP contribution is 2.43. The molecule has 3 rings (SSSR count). The summed E-state index contributed by atoms with van der Waals surface area (Å²) in [7, 11) is 0. The van der Waals surface area contributed by atoms with Crippen LogP contribution in [0.3, 0.4) is 0 Å². The highest BCUT2D eigenvalue weighted by molar-refractivity contribution is 8.00. The van der Waals surface area contributed by atoms with Gasteiger partial charge in [-0.25, -0.2) is 0 Å². The molecule has 0 fully saturated rings. The summed E-state index contributed by atoms with van der Waals surface area (Å²) in [5.74, 6) is 0.554. The van der Waals surface area contributed by atoms with E-state index in [1.165, 1.54) is 16.0 Å². The molecule has 0 atom stereocenters. The van der Waals surface area contributed by atoms with Gasteiger partial charge >= 0.3 is 0 Å². The van der Waals surface area contributed by atoms with E-state index < -0.39 is 0 Å². The number of hydrogen-bond donors (Lipinski definition) is 0. The van der Waals surface area contributed by atoms with Crippen LogP contribution >= 0.6 is 11.8 Å². The lowest BCUT2D eigenvalue weighted by Crippen LogP contribution is -2.36. The largest absolute Gasteiger partial charge is 0.118 e. The molecule has 0 aliphatic heterocycles. The molecule has 3 aromatic rings. The fraction of sp³-hybridized carbons (Fsp3) is 0.250. The number of rotatable bonds is 7. The molecule has 0 amide bonds. The van der Waals surface area contributed by atoms with Crippen LogP contribution < -0.4 is 0 Å². The lowest BCUT2D eigenvalue weighted by Gasteiger charge is -2.38.